The van der Waals surface area contributed by atoms with Gasteiger partial charge in [0.15, 0.2) is 5.82 Å². The minimum Gasteiger partial charge on any atom is -0.298 e. The number of alkyl halides is 3. The Balaban J connectivity index is 1.39. The number of aromatic amines is 2. The molecule has 13 heteroatoms. The molecule has 0 unspecified atom stereocenters. The lowest BCUT2D eigenvalue weighted by Crippen LogP contribution is -2.24. The molecule has 8 nitrogen and oxygen atoms in total. The second-order valence-electron chi connectivity index (χ2n) is 8.53. The molecule has 5 aromatic rings. The van der Waals surface area contributed by atoms with Gasteiger partial charge in [0.05, 0.1) is 0 Å². The van der Waals surface area contributed by atoms with Crippen LogP contribution in [0.15, 0.2) is 81.8 Å². The van der Waals surface area contributed by atoms with Crippen LogP contribution in [0.5, 0.6) is 0 Å². The first kappa shape index (κ1) is 24.9. The van der Waals surface area contributed by atoms with E-state index in [0.717, 1.165) is 34.0 Å². The summed E-state index contributed by atoms with van der Waals surface area (Å²) in [4.78, 5) is 19.1. The third-order valence-electron chi connectivity index (χ3n) is 6.14. The molecule has 0 saturated carbocycles. The van der Waals surface area contributed by atoms with E-state index >= 15 is 0 Å². The SMILES string of the molecule is O=c1[nH]c(=S)c(C2c3ccccc3C=Cc3ccccc32)cn1-c1ccc(Sc2n[nH]c(C(F)(F)F)n2)nn1. The van der Waals surface area contributed by atoms with Gasteiger partial charge in [-0.05, 0) is 46.1 Å². The van der Waals surface area contributed by atoms with Gasteiger partial charge in [-0.3, -0.25) is 14.6 Å². The molecule has 0 amide bonds. The molecule has 0 aliphatic heterocycles. The first-order chi connectivity index (χ1) is 18.8. The Labute approximate surface area is 227 Å². The zero-order valence-corrected chi connectivity index (χ0v) is 21.3. The van der Waals surface area contributed by atoms with E-state index in [2.05, 4.69) is 37.4 Å². The van der Waals surface area contributed by atoms with Gasteiger partial charge in [-0.1, -0.05) is 72.9 Å². The van der Waals surface area contributed by atoms with Crippen molar-refractivity contribution in [3.05, 3.63) is 116 Å². The third-order valence-corrected chi connectivity index (χ3v) is 7.27. The summed E-state index contributed by atoms with van der Waals surface area (Å²) in [5.74, 6) is -1.26. The number of aromatic nitrogens is 7. The molecule has 0 saturated heterocycles. The van der Waals surface area contributed by atoms with Crippen molar-refractivity contribution in [1.29, 1.82) is 0 Å². The van der Waals surface area contributed by atoms with E-state index in [1.807, 2.05) is 53.6 Å². The summed E-state index contributed by atoms with van der Waals surface area (Å²) in [6, 6.07) is 19.0. The number of rotatable bonds is 4. The van der Waals surface area contributed by atoms with Crippen molar-refractivity contribution in [3.8, 4) is 5.82 Å². The lowest BCUT2D eigenvalue weighted by atomic mass is 9.83. The number of fused-ring (bicyclic) bond motifs is 2. The number of hydrogen-bond donors (Lipinski definition) is 2. The average molecular weight is 564 g/mol. The van der Waals surface area contributed by atoms with Crippen LogP contribution in [0.3, 0.4) is 0 Å². The zero-order valence-electron chi connectivity index (χ0n) is 19.7. The van der Waals surface area contributed by atoms with Crippen molar-refractivity contribution >= 4 is 36.1 Å². The molecule has 0 radical (unpaired) electrons. The van der Waals surface area contributed by atoms with Crippen LogP contribution in [0.2, 0.25) is 0 Å². The Bertz CT molecular complexity index is 1790. The van der Waals surface area contributed by atoms with Crippen LogP contribution in [0, 0.1) is 4.64 Å². The van der Waals surface area contributed by atoms with E-state index in [4.69, 9.17) is 12.2 Å². The van der Waals surface area contributed by atoms with Crippen LogP contribution in [0.1, 0.15) is 39.6 Å². The Morgan fingerprint density at radius 1 is 0.897 bits per heavy atom. The van der Waals surface area contributed by atoms with Crippen LogP contribution in [-0.4, -0.2) is 34.9 Å². The van der Waals surface area contributed by atoms with E-state index in [1.54, 1.807) is 6.20 Å². The van der Waals surface area contributed by atoms with E-state index in [9.17, 15) is 18.0 Å². The minimum absolute atomic E-state index is 0.160. The first-order valence-electron chi connectivity index (χ1n) is 11.5. The highest BCUT2D eigenvalue weighted by Crippen LogP contribution is 2.39. The fourth-order valence-corrected chi connectivity index (χ4v) is 5.29. The van der Waals surface area contributed by atoms with Crippen LogP contribution >= 0.6 is 24.0 Å². The zero-order chi connectivity index (χ0) is 27.1. The predicted molar refractivity (Wildman–Crippen MR) is 141 cm³/mol. The predicted octanol–water partition coefficient (Wildman–Crippen LogP) is 5.64. The van der Waals surface area contributed by atoms with Gasteiger partial charge in [0.25, 0.3) is 0 Å². The molecule has 0 bridgehead atoms. The molecule has 1 aliphatic rings. The van der Waals surface area contributed by atoms with E-state index in [-0.39, 0.29) is 21.9 Å². The molecule has 2 aromatic carbocycles. The summed E-state index contributed by atoms with van der Waals surface area (Å²) < 4.78 is 40.0. The molecular weight excluding hydrogens is 547 g/mol. The summed E-state index contributed by atoms with van der Waals surface area (Å²) in [6.45, 7) is 0. The van der Waals surface area contributed by atoms with Gasteiger partial charge in [0, 0.05) is 17.7 Å². The molecule has 6 rings (SSSR count). The molecule has 2 N–H and O–H groups in total. The second kappa shape index (κ2) is 9.75. The molecule has 0 fully saturated rings. The number of nitrogens with zero attached hydrogens (tertiary/aromatic N) is 5. The van der Waals surface area contributed by atoms with Gasteiger partial charge in [-0.2, -0.15) is 18.2 Å². The molecule has 0 spiro atoms. The van der Waals surface area contributed by atoms with Gasteiger partial charge in [-0.15, -0.1) is 15.3 Å². The lowest BCUT2D eigenvalue weighted by Gasteiger charge is -2.21. The molecular formula is C26H16F3N7OS2. The van der Waals surface area contributed by atoms with Gasteiger partial charge in [-0.25, -0.2) is 4.79 Å². The van der Waals surface area contributed by atoms with Crippen molar-refractivity contribution in [1.82, 2.24) is 34.9 Å². The van der Waals surface area contributed by atoms with Crippen molar-refractivity contribution in [3.63, 3.8) is 0 Å². The van der Waals surface area contributed by atoms with Crippen LogP contribution in [-0.2, 0) is 6.18 Å². The highest BCUT2D eigenvalue weighted by atomic mass is 32.2. The van der Waals surface area contributed by atoms with Crippen molar-refractivity contribution in [2.45, 2.75) is 22.3 Å². The first-order valence-corrected chi connectivity index (χ1v) is 12.7. The van der Waals surface area contributed by atoms with Crippen LogP contribution in [0.4, 0.5) is 13.2 Å². The lowest BCUT2D eigenvalue weighted by molar-refractivity contribution is -0.144. The highest BCUT2D eigenvalue weighted by Gasteiger charge is 2.35. The maximum Gasteiger partial charge on any atom is 0.451 e. The summed E-state index contributed by atoms with van der Waals surface area (Å²) in [5.41, 5.74) is 4.33. The fraction of sp³-hybridized carbons (Fsp3) is 0.0769. The Morgan fingerprint density at radius 3 is 2.15 bits per heavy atom. The summed E-state index contributed by atoms with van der Waals surface area (Å²) in [5, 5.41) is 13.7. The topological polar surface area (TPSA) is 105 Å². The van der Waals surface area contributed by atoms with Crippen molar-refractivity contribution < 1.29 is 13.2 Å². The minimum atomic E-state index is -4.64. The number of nitrogens with one attached hydrogen (secondary N) is 2. The van der Waals surface area contributed by atoms with Crippen LogP contribution in [0.25, 0.3) is 18.0 Å². The van der Waals surface area contributed by atoms with E-state index < -0.39 is 17.7 Å². The van der Waals surface area contributed by atoms with E-state index in [1.165, 1.54) is 16.7 Å². The normalized spacial score (nSPS) is 13.1. The summed E-state index contributed by atoms with van der Waals surface area (Å²) >= 11 is 6.43. The Hall–Kier alpha value is -4.36. The van der Waals surface area contributed by atoms with E-state index in [0.29, 0.717) is 10.2 Å². The fourth-order valence-electron chi connectivity index (χ4n) is 4.40. The van der Waals surface area contributed by atoms with Gasteiger partial charge in [0.1, 0.15) is 9.67 Å². The monoisotopic (exact) mass is 563 g/mol. The van der Waals surface area contributed by atoms with Gasteiger partial charge in [0.2, 0.25) is 11.0 Å². The molecule has 3 heterocycles. The number of H-pyrrole nitrogens is 2. The second-order valence-corrected chi connectivity index (χ2v) is 9.93. The van der Waals surface area contributed by atoms with Gasteiger partial charge >= 0.3 is 11.9 Å². The Kier molecular flexibility index (Phi) is 6.23. The standard InChI is InChI=1S/C26H16F3N7OS2/c27-26(28,29)23-31-24(35-34-23)39-20-12-11-19(32-33-20)36-13-18(22(38)30-25(36)37)21-16-7-3-1-5-14(16)9-10-15-6-2-4-8-17(15)21/h1-13,21H,(H,30,37,38)(H,31,34,35). The number of hydrogen-bond acceptors (Lipinski definition) is 7. The summed E-state index contributed by atoms with van der Waals surface area (Å²) in [7, 11) is 0. The maximum absolute atomic E-state index is 12.9. The molecule has 0 atom stereocenters. The molecule has 1 aliphatic carbocycles. The third kappa shape index (κ3) is 4.81. The molecule has 3 aromatic heterocycles. The number of halogens is 3. The smallest absolute Gasteiger partial charge is 0.298 e. The van der Waals surface area contributed by atoms with Crippen molar-refractivity contribution in [2.75, 3.05) is 0 Å². The van der Waals surface area contributed by atoms with Crippen molar-refractivity contribution in [2.24, 2.45) is 0 Å². The summed E-state index contributed by atoms with van der Waals surface area (Å²) in [6.07, 6.45) is 1.14. The molecule has 39 heavy (non-hydrogen) atoms. The Morgan fingerprint density at radius 2 is 1.56 bits per heavy atom. The van der Waals surface area contributed by atoms with Crippen LogP contribution < -0.4 is 5.69 Å². The average Bonchev–Trinajstić information content (AvgIpc) is 3.33. The van der Waals surface area contributed by atoms with Gasteiger partial charge < -0.3 is 0 Å². The quantitative estimate of drug-likeness (QED) is 0.268. The number of benzene rings is 2. The largest absolute Gasteiger partial charge is 0.451 e. The highest BCUT2D eigenvalue weighted by molar-refractivity contribution is 7.99. The maximum atomic E-state index is 12.9. The molecule has 194 valence electrons.